The van der Waals surface area contributed by atoms with E-state index in [1.165, 1.54) is 11.0 Å². The summed E-state index contributed by atoms with van der Waals surface area (Å²) in [5.74, 6) is 0.0800. The third-order valence-corrected chi connectivity index (χ3v) is 3.21. The number of nitrogens with one attached hydrogen (secondary N) is 1. The van der Waals surface area contributed by atoms with Gasteiger partial charge in [-0.2, -0.15) is 15.2 Å². The van der Waals surface area contributed by atoms with Crippen LogP contribution in [0, 0.1) is 11.3 Å². The summed E-state index contributed by atoms with van der Waals surface area (Å²) in [4.78, 5) is 13.1. The largest absolute Gasteiger partial charge is 0.271 e. The zero-order chi connectivity index (χ0) is 17.5. The first kappa shape index (κ1) is 16.0. The molecule has 0 saturated heterocycles. The van der Waals surface area contributed by atoms with Crippen LogP contribution in [0.4, 0.5) is 0 Å². The molecular weight excluding hydrogens is 318 g/mol. The van der Waals surface area contributed by atoms with E-state index in [1.807, 2.05) is 36.4 Å². The number of nitriles is 1. The summed E-state index contributed by atoms with van der Waals surface area (Å²) in [5, 5.41) is 24.5. The lowest BCUT2D eigenvalue weighted by Crippen LogP contribution is -2.24. The van der Waals surface area contributed by atoms with Crippen LogP contribution in [0.2, 0.25) is 0 Å². The number of hydrogen-bond donors (Lipinski definition) is 1. The summed E-state index contributed by atoms with van der Waals surface area (Å²) >= 11 is 0. The molecule has 3 aromatic rings. The maximum Gasteiger partial charge on any atom is 0.263 e. The van der Waals surface area contributed by atoms with Gasteiger partial charge in [-0.15, -0.1) is 10.2 Å². The van der Waals surface area contributed by atoms with E-state index >= 15 is 0 Å². The van der Waals surface area contributed by atoms with E-state index in [1.54, 1.807) is 24.3 Å². The minimum atomic E-state index is -0.373. The van der Waals surface area contributed by atoms with Crippen molar-refractivity contribution in [2.24, 2.45) is 5.10 Å². The highest BCUT2D eigenvalue weighted by Gasteiger charge is 2.08. The zero-order valence-corrected chi connectivity index (χ0v) is 13.1. The highest BCUT2D eigenvalue weighted by molar-refractivity contribution is 5.82. The summed E-state index contributed by atoms with van der Waals surface area (Å²) < 4.78 is 0. The predicted molar refractivity (Wildman–Crippen MR) is 90.1 cm³/mol. The van der Waals surface area contributed by atoms with Crippen molar-refractivity contribution in [1.29, 1.82) is 5.26 Å². The fourth-order valence-electron chi connectivity index (χ4n) is 2.00. The molecule has 0 fully saturated rings. The first-order chi connectivity index (χ1) is 12.2. The smallest absolute Gasteiger partial charge is 0.263 e. The van der Waals surface area contributed by atoms with Crippen molar-refractivity contribution in [1.82, 2.24) is 25.6 Å². The molecule has 1 amide bonds. The molecule has 2 aromatic carbocycles. The highest BCUT2D eigenvalue weighted by atomic mass is 16.2. The number of benzene rings is 2. The Morgan fingerprint density at radius 2 is 1.96 bits per heavy atom. The van der Waals surface area contributed by atoms with Crippen LogP contribution < -0.4 is 5.43 Å². The van der Waals surface area contributed by atoms with Crippen molar-refractivity contribution in [3.05, 3.63) is 65.7 Å². The van der Waals surface area contributed by atoms with Crippen LogP contribution in [0.15, 0.2) is 59.7 Å². The molecule has 25 heavy (non-hydrogen) atoms. The van der Waals surface area contributed by atoms with Crippen LogP contribution >= 0.6 is 0 Å². The van der Waals surface area contributed by atoms with Gasteiger partial charge in [-0.25, -0.2) is 5.43 Å². The summed E-state index contributed by atoms with van der Waals surface area (Å²) in [5.41, 5.74) is 4.55. The molecule has 1 aromatic heterocycles. The van der Waals surface area contributed by atoms with E-state index in [2.05, 4.69) is 25.9 Å². The Bertz CT molecular complexity index is 924. The number of aromatic nitrogens is 4. The van der Waals surface area contributed by atoms with Crippen LogP contribution in [-0.2, 0) is 11.3 Å². The first-order valence-electron chi connectivity index (χ1n) is 7.40. The van der Waals surface area contributed by atoms with Gasteiger partial charge in [-0.1, -0.05) is 42.5 Å². The van der Waals surface area contributed by atoms with Gasteiger partial charge in [-0.05, 0) is 22.9 Å². The molecule has 0 radical (unpaired) electrons. The van der Waals surface area contributed by atoms with E-state index in [9.17, 15) is 4.79 Å². The number of hydrazone groups is 1. The molecule has 0 atom stereocenters. The Kier molecular flexibility index (Phi) is 4.87. The van der Waals surface area contributed by atoms with Crippen LogP contribution in [0.5, 0.6) is 0 Å². The maximum atomic E-state index is 11.9. The number of carbonyl (C=O) groups is 1. The van der Waals surface area contributed by atoms with Gasteiger partial charge in [0.25, 0.3) is 5.91 Å². The molecule has 3 rings (SSSR count). The number of carbonyl (C=O) groups excluding carboxylic acids is 1. The highest BCUT2D eigenvalue weighted by Crippen LogP contribution is 2.11. The van der Waals surface area contributed by atoms with Crippen molar-refractivity contribution in [3.8, 4) is 17.5 Å². The molecule has 1 heterocycles. The molecule has 0 aliphatic heterocycles. The average molecular weight is 331 g/mol. The van der Waals surface area contributed by atoms with Gasteiger partial charge in [0.1, 0.15) is 6.54 Å². The number of nitrogens with zero attached hydrogens (tertiary/aromatic N) is 6. The van der Waals surface area contributed by atoms with Gasteiger partial charge < -0.3 is 0 Å². The fourth-order valence-corrected chi connectivity index (χ4v) is 2.00. The van der Waals surface area contributed by atoms with Gasteiger partial charge in [0.2, 0.25) is 5.82 Å². The maximum absolute atomic E-state index is 11.9. The van der Waals surface area contributed by atoms with E-state index in [4.69, 9.17) is 5.26 Å². The standard InChI is InChI=1S/C17H13N7O/c18-10-13-6-8-14(9-7-13)11-19-20-16(25)12-24-22-17(21-23-24)15-4-2-1-3-5-15/h1-9,11H,12H2,(H,20,25)/b19-11-. The van der Waals surface area contributed by atoms with Crippen LogP contribution in [-0.4, -0.2) is 32.3 Å². The lowest BCUT2D eigenvalue weighted by molar-refractivity contribution is -0.122. The van der Waals surface area contributed by atoms with Crippen molar-refractivity contribution < 1.29 is 4.79 Å². The van der Waals surface area contributed by atoms with E-state index < -0.39 is 0 Å². The summed E-state index contributed by atoms with van der Waals surface area (Å²) in [6.45, 7) is -0.0927. The second kappa shape index (κ2) is 7.61. The zero-order valence-electron chi connectivity index (χ0n) is 13.1. The number of amides is 1. The minimum absolute atomic E-state index is 0.0927. The van der Waals surface area contributed by atoms with Crippen molar-refractivity contribution in [2.45, 2.75) is 6.54 Å². The molecule has 0 unspecified atom stereocenters. The van der Waals surface area contributed by atoms with Gasteiger partial charge in [-0.3, -0.25) is 4.79 Å². The molecule has 122 valence electrons. The number of rotatable bonds is 5. The van der Waals surface area contributed by atoms with Crippen LogP contribution in [0.1, 0.15) is 11.1 Å². The fraction of sp³-hybridized carbons (Fsp3) is 0.0588. The van der Waals surface area contributed by atoms with Crippen molar-refractivity contribution in [3.63, 3.8) is 0 Å². The molecule has 0 spiro atoms. The quantitative estimate of drug-likeness (QED) is 0.561. The van der Waals surface area contributed by atoms with Gasteiger partial charge in [0.15, 0.2) is 0 Å². The Hall–Kier alpha value is -3.86. The van der Waals surface area contributed by atoms with E-state index in [0.717, 1.165) is 11.1 Å². The number of tetrazole rings is 1. The molecular formula is C17H13N7O. The van der Waals surface area contributed by atoms with E-state index in [-0.39, 0.29) is 12.5 Å². The average Bonchev–Trinajstić information content (AvgIpc) is 3.11. The Morgan fingerprint density at radius 1 is 1.20 bits per heavy atom. The van der Waals surface area contributed by atoms with Crippen LogP contribution in [0.25, 0.3) is 11.4 Å². The van der Waals surface area contributed by atoms with Crippen molar-refractivity contribution in [2.75, 3.05) is 0 Å². The molecule has 8 heteroatoms. The monoisotopic (exact) mass is 331 g/mol. The normalized spacial score (nSPS) is 10.5. The van der Waals surface area contributed by atoms with Crippen molar-refractivity contribution >= 4 is 12.1 Å². The SMILES string of the molecule is N#Cc1ccc(/C=N\NC(=O)Cn2nnc(-c3ccccc3)n2)cc1. The predicted octanol–water partition coefficient (Wildman–Crippen LogP) is 1.36. The van der Waals surface area contributed by atoms with Gasteiger partial charge in [0.05, 0.1) is 17.8 Å². The van der Waals surface area contributed by atoms with Crippen LogP contribution in [0.3, 0.4) is 0 Å². The van der Waals surface area contributed by atoms with Gasteiger partial charge in [0, 0.05) is 5.56 Å². The third-order valence-electron chi connectivity index (χ3n) is 3.21. The van der Waals surface area contributed by atoms with E-state index in [0.29, 0.717) is 11.4 Å². The number of hydrogen-bond acceptors (Lipinski definition) is 6. The summed E-state index contributed by atoms with van der Waals surface area (Å²) in [7, 11) is 0. The van der Waals surface area contributed by atoms with Gasteiger partial charge >= 0.3 is 0 Å². The Morgan fingerprint density at radius 3 is 2.68 bits per heavy atom. The molecule has 1 N–H and O–H groups in total. The second-order valence-electron chi connectivity index (χ2n) is 5.04. The third kappa shape index (κ3) is 4.33. The molecule has 0 aliphatic rings. The molecule has 0 aliphatic carbocycles. The minimum Gasteiger partial charge on any atom is -0.271 e. The first-order valence-corrected chi connectivity index (χ1v) is 7.40. The molecule has 0 saturated carbocycles. The summed E-state index contributed by atoms with van der Waals surface area (Å²) in [6, 6.07) is 18.2. The Labute approximate surface area is 143 Å². The second-order valence-corrected chi connectivity index (χ2v) is 5.04. The topological polar surface area (TPSA) is 109 Å². The Balaban J connectivity index is 1.55. The lowest BCUT2D eigenvalue weighted by atomic mass is 10.2. The molecule has 8 nitrogen and oxygen atoms in total. The lowest BCUT2D eigenvalue weighted by Gasteiger charge is -1.98. The molecule has 0 bridgehead atoms. The summed E-state index contributed by atoms with van der Waals surface area (Å²) in [6.07, 6.45) is 1.49.